The van der Waals surface area contributed by atoms with Crippen molar-refractivity contribution in [3.63, 3.8) is 0 Å². The molecule has 0 saturated heterocycles. The fourth-order valence-corrected chi connectivity index (χ4v) is 6.40. The number of aromatic nitrogens is 1. The van der Waals surface area contributed by atoms with Crippen LogP contribution in [0.4, 0.5) is 5.69 Å². The van der Waals surface area contributed by atoms with Crippen molar-refractivity contribution in [1.29, 1.82) is 5.26 Å². The van der Waals surface area contributed by atoms with Gasteiger partial charge >= 0.3 is 0 Å². The average Bonchev–Trinajstić information content (AvgIpc) is 3.33. The van der Waals surface area contributed by atoms with Crippen LogP contribution in [0.5, 0.6) is 0 Å². The molecule has 1 spiro atoms. The maximum Gasteiger partial charge on any atom is 0.136 e. The summed E-state index contributed by atoms with van der Waals surface area (Å²) >= 11 is 1.70. The first kappa shape index (κ1) is 15.8. The first-order chi connectivity index (χ1) is 12.7. The number of rotatable bonds is 1. The number of nitrogens with zero attached hydrogens (tertiary/aromatic N) is 3. The van der Waals surface area contributed by atoms with Gasteiger partial charge in [0.25, 0.3) is 0 Å². The Morgan fingerprint density at radius 3 is 2.58 bits per heavy atom. The number of hydrogen-bond donors (Lipinski definition) is 0. The highest BCUT2D eigenvalue weighted by molar-refractivity contribution is 7.18. The van der Waals surface area contributed by atoms with E-state index in [9.17, 15) is 5.26 Å². The predicted molar refractivity (Wildman–Crippen MR) is 107 cm³/mol. The number of fused-ring (bicyclic) bond motifs is 2. The lowest BCUT2D eigenvalue weighted by Crippen LogP contribution is -2.63. The molecule has 0 N–H and O–H groups in total. The lowest BCUT2D eigenvalue weighted by molar-refractivity contribution is 0.252. The van der Waals surface area contributed by atoms with Crippen LogP contribution in [0, 0.1) is 11.3 Å². The molecule has 130 valence electrons. The molecule has 4 heteroatoms. The van der Waals surface area contributed by atoms with Crippen LogP contribution < -0.4 is 4.90 Å². The molecule has 0 bridgehead atoms. The minimum Gasteiger partial charge on any atom is -0.367 e. The standard InChI is InChI=1S/C22H21N3S/c1-25-18-10-4-2-8-16(18)14-21(15-23,22(25)12-6-7-13-22)20-24-17-9-3-5-11-19(17)26-20/h2-5,8-11H,6-7,12-14H2,1H3. The number of likely N-dealkylation sites (N-methyl/N-ethyl adjacent to an activating group) is 1. The van der Waals surface area contributed by atoms with Crippen LogP contribution in [0.2, 0.25) is 0 Å². The van der Waals surface area contributed by atoms with Crippen molar-refractivity contribution >= 4 is 27.2 Å². The largest absolute Gasteiger partial charge is 0.367 e. The molecule has 0 radical (unpaired) electrons. The van der Waals surface area contributed by atoms with Gasteiger partial charge in [-0.1, -0.05) is 43.2 Å². The first-order valence-electron chi connectivity index (χ1n) is 9.29. The molecule has 5 rings (SSSR count). The molecule has 2 aliphatic rings. The fourth-order valence-electron chi connectivity index (χ4n) is 5.20. The highest BCUT2D eigenvalue weighted by atomic mass is 32.1. The van der Waals surface area contributed by atoms with Crippen molar-refractivity contribution in [3.05, 3.63) is 59.1 Å². The zero-order valence-electron chi connectivity index (χ0n) is 14.9. The van der Waals surface area contributed by atoms with E-state index in [0.717, 1.165) is 29.8 Å². The molecule has 1 aromatic heterocycles. The normalized spacial score (nSPS) is 23.9. The Labute approximate surface area is 157 Å². The summed E-state index contributed by atoms with van der Waals surface area (Å²) in [6.07, 6.45) is 5.23. The van der Waals surface area contributed by atoms with E-state index in [-0.39, 0.29) is 5.54 Å². The number of nitriles is 1. The van der Waals surface area contributed by atoms with Crippen LogP contribution in [0.3, 0.4) is 0 Å². The maximum absolute atomic E-state index is 10.6. The van der Waals surface area contributed by atoms with Crippen LogP contribution in [0.25, 0.3) is 10.2 Å². The number of para-hydroxylation sites is 2. The van der Waals surface area contributed by atoms with Crippen molar-refractivity contribution < 1.29 is 0 Å². The Morgan fingerprint density at radius 2 is 1.81 bits per heavy atom. The quantitative estimate of drug-likeness (QED) is 0.609. The van der Waals surface area contributed by atoms with E-state index in [1.165, 1.54) is 28.8 Å². The van der Waals surface area contributed by atoms with E-state index in [2.05, 4.69) is 60.5 Å². The molecule has 1 unspecified atom stereocenters. The van der Waals surface area contributed by atoms with Crippen molar-refractivity contribution in [2.45, 2.75) is 43.1 Å². The third kappa shape index (κ3) is 1.90. The SMILES string of the molecule is CN1c2ccccc2CC(C#N)(c2nc3ccccc3s2)C12CCCC2. The Morgan fingerprint density at radius 1 is 1.08 bits per heavy atom. The minimum absolute atomic E-state index is 0.163. The molecule has 0 amide bonds. The molecule has 3 nitrogen and oxygen atoms in total. The summed E-state index contributed by atoms with van der Waals surface area (Å²) < 4.78 is 1.17. The summed E-state index contributed by atoms with van der Waals surface area (Å²) in [6, 6.07) is 19.6. The molecule has 1 saturated carbocycles. The van der Waals surface area contributed by atoms with Crippen LogP contribution in [0.1, 0.15) is 36.3 Å². The van der Waals surface area contributed by atoms with Gasteiger partial charge in [0, 0.05) is 19.2 Å². The van der Waals surface area contributed by atoms with E-state index < -0.39 is 5.41 Å². The zero-order chi connectivity index (χ0) is 17.8. The van der Waals surface area contributed by atoms with Crippen LogP contribution in [0.15, 0.2) is 48.5 Å². The number of hydrogen-bond acceptors (Lipinski definition) is 4. The monoisotopic (exact) mass is 359 g/mol. The van der Waals surface area contributed by atoms with E-state index in [0.29, 0.717) is 0 Å². The number of benzene rings is 2. The van der Waals surface area contributed by atoms with Crippen LogP contribution in [-0.4, -0.2) is 17.6 Å². The number of thiazole rings is 1. The summed E-state index contributed by atoms with van der Waals surface area (Å²) in [5.41, 5.74) is 2.80. The molecule has 2 heterocycles. The predicted octanol–water partition coefficient (Wildman–Crippen LogP) is 5.06. The molecule has 1 aliphatic heterocycles. The zero-order valence-corrected chi connectivity index (χ0v) is 15.7. The Kier molecular flexibility index (Phi) is 3.39. The van der Waals surface area contributed by atoms with Crippen LogP contribution in [-0.2, 0) is 11.8 Å². The summed E-state index contributed by atoms with van der Waals surface area (Å²) in [6.45, 7) is 0. The third-order valence-corrected chi connectivity index (χ3v) is 7.72. The second kappa shape index (κ2) is 5.56. The van der Waals surface area contributed by atoms with Crippen molar-refractivity contribution in [2.75, 3.05) is 11.9 Å². The molecule has 1 fully saturated rings. The summed E-state index contributed by atoms with van der Waals surface area (Å²) in [7, 11) is 2.18. The fraction of sp³-hybridized carbons (Fsp3) is 0.364. The van der Waals surface area contributed by atoms with E-state index in [1.54, 1.807) is 11.3 Å². The second-order valence-electron chi connectivity index (χ2n) is 7.61. The molecule has 1 aliphatic carbocycles. The minimum atomic E-state index is -0.587. The van der Waals surface area contributed by atoms with Gasteiger partial charge in [-0.25, -0.2) is 4.98 Å². The van der Waals surface area contributed by atoms with Gasteiger partial charge in [0.05, 0.1) is 21.8 Å². The van der Waals surface area contributed by atoms with Crippen molar-refractivity contribution in [3.8, 4) is 6.07 Å². The third-order valence-electron chi connectivity index (χ3n) is 6.53. The molecular weight excluding hydrogens is 338 g/mol. The van der Waals surface area contributed by atoms with E-state index in [4.69, 9.17) is 4.98 Å². The maximum atomic E-state index is 10.6. The topological polar surface area (TPSA) is 39.9 Å². The van der Waals surface area contributed by atoms with Gasteiger partial charge in [0.1, 0.15) is 10.4 Å². The molecule has 26 heavy (non-hydrogen) atoms. The summed E-state index contributed by atoms with van der Waals surface area (Å²) in [5.74, 6) is 0. The average molecular weight is 359 g/mol. The summed E-state index contributed by atoms with van der Waals surface area (Å²) in [4.78, 5) is 7.39. The van der Waals surface area contributed by atoms with E-state index >= 15 is 0 Å². The Balaban J connectivity index is 1.79. The second-order valence-corrected chi connectivity index (χ2v) is 8.64. The van der Waals surface area contributed by atoms with Gasteiger partial charge in [-0.15, -0.1) is 11.3 Å². The van der Waals surface area contributed by atoms with Gasteiger partial charge in [0.15, 0.2) is 0 Å². The van der Waals surface area contributed by atoms with Crippen molar-refractivity contribution in [2.24, 2.45) is 0 Å². The molecule has 2 aromatic carbocycles. The Hall–Kier alpha value is -2.38. The van der Waals surface area contributed by atoms with E-state index in [1.807, 2.05) is 6.07 Å². The summed E-state index contributed by atoms with van der Waals surface area (Å²) in [5, 5.41) is 11.6. The first-order valence-corrected chi connectivity index (χ1v) is 10.1. The van der Waals surface area contributed by atoms with Crippen LogP contribution >= 0.6 is 11.3 Å². The molecule has 1 atom stereocenters. The highest BCUT2D eigenvalue weighted by Crippen LogP contribution is 2.56. The van der Waals surface area contributed by atoms with Gasteiger partial charge in [-0.3, -0.25) is 0 Å². The van der Waals surface area contributed by atoms with Crippen molar-refractivity contribution in [1.82, 2.24) is 4.98 Å². The lowest BCUT2D eigenvalue weighted by Gasteiger charge is -2.54. The van der Waals surface area contributed by atoms with Gasteiger partial charge in [-0.2, -0.15) is 5.26 Å². The Bertz CT molecular complexity index is 992. The smallest absolute Gasteiger partial charge is 0.136 e. The van der Waals surface area contributed by atoms with Gasteiger partial charge in [-0.05, 0) is 36.6 Å². The highest BCUT2D eigenvalue weighted by Gasteiger charge is 2.60. The molecule has 3 aromatic rings. The lowest BCUT2D eigenvalue weighted by atomic mass is 9.62. The number of anilines is 1. The van der Waals surface area contributed by atoms with Gasteiger partial charge < -0.3 is 4.90 Å². The van der Waals surface area contributed by atoms with Gasteiger partial charge in [0.2, 0.25) is 0 Å². The molecular formula is C22H21N3S.